The quantitative estimate of drug-likeness (QED) is 0.866. The standard InChI is InChI=1S/C20H24N2O2/c1-15(2)22-18-8-4-3-7-17(18)20(19(22)23)9-11-21(12-10-20)14-16-6-5-13-24-16/h3-8,13,15H,9-12,14H2,1-2H3. The molecule has 1 amide bonds. The molecule has 3 heterocycles. The van der Waals surface area contributed by atoms with Crippen molar-refractivity contribution in [3.63, 3.8) is 0 Å². The molecule has 1 spiro atoms. The van der Waals surface area contributed by atoms with Gasteiger partial charge in [-0.2, -0.15) is 0 Å². The second kappa shape index (κ2) is 5.78. The summed E-state index contributed by atoms with van der Waals surface area (Å²) in [4.78, 5) is 17.7. The summed E-state index contributed by atoms with van der Waals surface area (Å²) in [5.41, 5.74) is 2.00. The topological polar surface area (TPSA) is 36.7 Å². The van der Waals surface area contributed by atoms with Gasteiger partial charge in [0, 0.05) is 11.7 Å². The molecule has 0 unspecified atom stereocenters. The average molecular weight is 324 g/mol. The first-order valence-corrected chi connectivity index (χ1v) is 8.80. The molecule has 4 heteroatoms. The lowest BCUT2D eigenvalue weighted by Gasteiger charge is -2.38. The minimum absolute atomic E-state index is 0.194. The molecule has 2 aliphatic heterocycles. The van der Waals surface area contributed by atoms with Gasteiger partial charge in [-0.25, -0.2) is 0 Å². The third-order valence-corrected chi connectivity index (χ3v) is 5.49. The first kappa shape index (κ1) is 15.5. The fourth-order valence-corrected chi connectivity index (χ4v) is 4.26. The summed E-state index contributed by atoms with van der Waals surface area (Å²) in [5, 5.41) is 0. The summed E-state index contributed by atoms with van der Waals surface area (Å²) in [6.07, 6.45) is 3.48. The largest absolute Gasteiger partial charge is 0.468 e. The normalized spacial score (nSPS) is 20.1. The van der Waals surface area contributed by atoms with E-state index in [9.17, 15) is 4.79 Å². The van der Waals surface area contributed by atoms with Crippen molar-refractivity contribution in [1.29, 1.82) is 0 Å². The molecule has 0 atom stereocenters. The van der Waals surface area contributed by atoms with Crippen LogP contribution in [0.4, 0.5) is 5.69 Å². The highest BCUT2D eigenvalue weighted by atomic mass is 16.3. The molecule has 1 fully saturated rings. The number of nitrogens with zero attached hydrogens (tertiary/aromatic N) is 2. The number of hydrogen-bond donors (Lipinski definition) is 0. The summed E-state index contributed by atoms with van der Waals surface area (Å²) >= 11 is 0. The third kappa shape index (κ3) is 2.28. The number of piperidine rings is 1. The Hall–Kier alpha value is -2.07. The maximum atomic E-state index is 13.3. The number of carbonyl (C=O) groups excluding carboxylic acids is 1. The Labute approximate surface area is 143 Å². The molecule has 0 N–H and O–H groups in total. The number of hydrogen-bond acceptors (Lipinski definition) is 3. The van der Waals surface area contributed by atoms with Gasteiger partial charge in [-0.15, -0.1) is 0 Å². The van der Waals surface area contributed by atoms with Crippen molar-refractivity contribution in [2.45, 2.75) is 44.7 Å². The summed E-state index contributed by atoms with van der Waals surface area (Å²) in [7, 11) is 0. The van der Waals surface area contributed by atoms with E-state index in [1.807, 2.05) is 23.1 Å². The van der Waals surface area contributed by atoms with Crippen LogP contribution in [0.15, 0.2) is 47.1 Å². The lowest BCUT2D eigenvalue weighted by atomic mass is 9.73. The number of fused-ring (bicyclic) bond motifs is 2. The first-order valence-electron chi connectivity index (χ1n) is 8.80. The summed E-state index contributed by atoms with van der Waals surface area (Å²) < 4.78 is 5.46. The zero-order chi connectivity index (χ0) is 16.7. The number of likely N-dealkylation sites (tertiary alicyclic amines) is 1. The van der Waals surface area contributed by atoms with Gasteiger partial charge in [-0.3, -0.25) is 9.69 Å². The van der Waals surface area contributed by atoms with E-state index in [1.54, 1.807) is 6.26 Å². The van der Waals surface area contributed by atoms with Crippen LogP contribution >= 0.6 is 0 Å². The van der Waals surface area contributed by atoms with E-state index in [1.165, 1.54) is 5.56 Å². The molecular formula is C20H24N2O2. The number of furan rings is 1. The molecule has 2 aliphatic rings. The predicted octanol–water partition coefficient (Wildman–Crippen LogP) is 3.57. The second-order valence-electron chi connectivity index (χ2n) is 7.22. The van der Waals surface area contributed by atoms with Gasteiger partial charge >= 0.3 is 0 Å². The van der Waals surface area contributed by atoms with Crippen molar-refractivity contribution in [3.05, 3.63) is 54.0 Å². The number of benzene rings is 1. The third-order valence-electron chi connectivity index (χ3n) is 5.49. The molecular weight excluding hydrogens is 300 g/mol. The van der Waals surface area contributed by atoms with Crippen LogP contribution in [0.2, 0.25) is 0 Å². The molecule has 126 valence electrons. The minimum Gasteiger partial charge on any atom is -0.468 e. The number of carbonyl (C=O) groups is 1. The van der Waals surface area contributed by atoms with E-state index in [4.69, 9.17) is 4.42 Å². The van der Waals surface area contributed by atoms with Crippen LogP contribution in [-0.4, -0.2) is 29.9 Å². The number of anilines is 1. The summed E-state index contributed by atoms with van der Waals surface area (Å²) in [6.45, 7) is 6.87. The molecule has 0 saturated carbocycles. The van der Waals surface area contributed by atoms with Crippen molar-refractivity contribution < 1.29 is 9.21 Å². The Morgan fingerprint density at radius 3 is 2.54 bits per heavy atom. The molecule has 4 rings (SSSR count). The lowest BCUT2D eigenvalue weighted by molar-refractivity contribution is -0.125. The number of para-hydroxylation sites is 1. The van der Waals surface area contributed by atoms with Crippen molar-refractivity contribution in [1.82, 2.24) is 4.90 Å². The van der Waals surface area contributed by atoms with E-state index in [2.05, 4.69) is 36.9 Å². The number of amides is 1. The van der Waals surface area contributed by atoms with Crippen LogP contribution in [-0.2, 0) is 16.8 Å². The molecule has 1 saturated heterocycles. The zero-order valence-corrected chi connectivity index (χ0v) is 14.4. The van der Waals surface area contributed by atoms with Gasteiger partial charge in [0.05, 0.1) is 18.2 Å². The van der Waals surface area contributed by atoms with E-state index in [-0.39, 0.29) is 17.4 Å². The fraction of sp³-hybridized carbons (Fsp3) is 0.450. The summed E-state index contributed by atoms with van der Waals surface area (Å²) in [6, 6.07) is 12.5. The van der Waals surface area contributed by atoms with E-state index < -0.39 is 0 Å². The molecule has 4 nitrogen and oxygen atoms in total. The minimum atomic E-state index is -0.333. The highest BCUT2D eigenvalue weighted by molar-refractivity contribution is 6.08. The van der Waals surface area contributed by atoms with Crippen LogP contribution in [0.3, 0.4) is 0 Å². The molecule has 24 heavy (non-hydrogen) atoms. The molecule has 1 aromatic heterocycles. The van der Waals surface area contributed by atoms with Gasteiger partial charge in [0.2, 0.25) is 5.91 Å². The first-order chi connectivity index (χ1) is 11.6. The zero-order valence-electron chi connectivity index (χ0n) is 14.4. The molecule has 2 aromatic rings. The highest BCUT2D eigenvalue weighted by Gasteiger charge is 2.52. The molecule has 0 aliphatic carbocycles. The lowest BCUT2D eigenvalue weighted by Crippen LogP contribution is -2.49. The second-order valence-corrected chi connectivity index (χ2v) is 7.22. The van der Waals surface area contributed by atoms with E-state index in [0.717, 1.165) is 43.9 Å². The van der Waals surface area contributed by atoms with Crippen LogP contribution in [0, 0.1) is 0 Å². The monoisotopic (exact) mass is 324 g/mol. The fourth-order valence-electron chi connectivity index (χ4n) is 4.26. The Morgan fingerprint density at radius 2 is 1.88 bits per heavy atom. The average Bonchev–Trinajstić information content (AvgIpc) is 3.16. The molecule has 0 radical (unpaired) electrons. The van der Waals surface area contributed by atoms with E-state index in [0.29, 0.717) is 0 Å². The Morgan fingerprint density at radius 1 is 1.12 bits per heavy atom. The molecule has 1 aromatic carbocycles. The van der Waals surface area contributed by atoms with Crippen molar-refractivity contribution in [2.24, 2.45) is 0 Å². The van der Waals surface area contributed by atoms with E-state index >= 15 is 0 Å². The van der Waals surface area contributed by atoms with Crippen molar-refractivity contribution >= 4 is 11.6 Å². The van der Waals surface area contributed by atoms with Crippen molar-refractivity contribution in [3.8, 4) is 0 Å². The molecule has 0 bridgehead atoms. The van der Waals surface area contributed by atoms with Gasteiger partial charge in [0.1, 0.15) is 5.76 Å². The SMILES string of the molecule is CC(C)N1C(=O)C2(CCN(Cc3ccco3)CC2)c2ccccc21. The van der Waals surface area contributed by atoms with Crippen LogP contribution in [0.25, 0.3) is 0 Å². The van der Waals surface area contributed by atoms with Crippen LogP contribution in [0.5, 0.6) is 0 Å². The maximum absolute atomic E-state index is 13.3. The van der Waals surface area contributed by atoms with Gasteiger partial charge in [0.15, 0.2) is 0 Å². The Kier molecular flexibility index (Phi) is 3.72. The number of rotatable bonds is 3. The maximum Gasteiger partial charge on any atom is 0.238 e. The van der Waals surface area contributed by atoms with Gasteiger partial charge in [-0.05, 0) is 63.5 Å². The van der Waals surface area contributed by atoms with Crippen LogP contribution < -0.4 is 4.90 Å². The highest BCUT2D eigenvalue weighted by Crippen LogP contribution is 2.48. The Bertz CT molecular complexity index is 728. The Balaban J connectivity index is 1.59. The van der Waals surface area contributed by atoms with Gasteiger partial charge < -0.3 is 9.32 Å². The van der Waals surface area contributed by atoms with Gasteiger partial charge in [0.25, 0.3) is 0 Å². The van der Waals surface area contributed by atoms with Crippen LogP contribution in [0.1, 0.15) is 38.0 Å². The predicted molar refractivity (Wildman–Crippen MR) is 94.0 cm³/mol. The van der Waals surface area contributed by atoms with Gasteiger partial charge in [-0.1, -0.05) is 18.2 Å². The van der Waals surface area contributed by atoms with Crippen molar-refractivity contribution in [2.75, 3.05) is 18.0 Å². The summed E-state index contributed by atoms with van der Waals surface area (Å²) in [5.74, 6) is 1.28. The smallest absolute Gasteiger partial charge is 0.238 e.